The highest BCUT2D eigenvalue weighted by Crippen LogP contribution is 2.33. The molecule has 1 aromatic rings. The van der Waals surface area contributed by atoms with Gasteiger partial charge in [0.15, 0.2) is 0 Å². The SMILES string of the molecule is CC1(C)OC(=O)C(C#N)=C1/C=C/c1cccnc1. The molecule has 18 heavy (non-hydrogen) atoms. The second-order valence-electron chi connectivity index (χ2n) is 4.42. The Kier molecular flexibility index (Phi) is 2.99. The van der Waals surface area contributed by atoms with Gasteiger partial charge >= 0.3 is 5.97 Å². The van der Waals surface area contributed by atoms with Crippen LogP contribution in [0.1, 0.15) is 19.4 Å². The Balaban J connectivity index is 2.38. The van der Waals surface area contributed by atoms with E-state index in [1.54, 1.807) is 32.3 Å². The molecule has 2 heterocycles. The number of pyridine rings is 1. The minimum Gasteiger partial charge on any atom is -0.451 e. The number of carbonyl (C=O) groups is 1. The Labute approximate surface area is 105 Å². The lowest BCUT2D eigenvalue weighted by Gasteiger charge is -2.18. The predicted octanol–water partition coefficient (Wildman–Crippen LogP) is 2.25. The van der Waals surface area contributed by atoms with Crippen LogP contribution in [0.15, 0.2) is 41.7 Å². The van der Waals surface area contributed by atoms with E-state index in [1.807, 2.05) is 24.3 Å². The van der Waals surface area contributed by atoms with Crippen LogP contribution in [-0.4, -0.2) is 16.6 Å². The zero-order valence-corrected chi connectivity index (χ0v) is 10.2. The quantitative estimate of drug-likeness (QED) is 0.744. The molecule has 4 nitrogen and oxygen atoms in total. The van der Waals surface area contributed by atoms with E-state index in [9.17, 15) is 4.79 Å². The van der Waals surface area contributed by atoms with Crippen molar-refractivity contribution in [2.75, 3.05) is 0 Å². The Morgan fingerprint density at radius 2 is 2.22 bits per heavy atom. The van der Waals surface area contributed by atoms with E-state index in [0.29, 0.717) is 5.57 Å². The third-order valence-corrected chi connectivity index (χ3v) is 2.71. The number of cyclic esters (lactones) is 1. The van der Waals surface area contributed by atoms with Gasteiger partial charge in [-0.2, -0.15) is 5.26 Å². The minimum atomic E-state index is -0.763. The number of carbonyl (C=O) groups excluding carboxylic acids is 1. The average molecular weight is 240 g/mol. The van der Waals surface area contributed by atoms with E-state index in [1.165, 1.54) is 0 Å². The molecule has 4 heteroatoms. The maximum absolute atomic E-state index is 11.5. The van der Waals surface area contributed by atoms with Crippen molar-refractivity contribution >= 4 is 12.0 Å². The maximum atomic E-state index is 11.5. The molecule has 1 aromatic heterocycles. The van der Waals surface area contributed by atoms with Gasteiger partial charge in [-0.3, -0.25) is 4.98 Å². The minimum absolute atomic E-state index is 0.0696. The normalized spacial score (nSPS) is 17.9. The number of hydrogen-bond acceptors (Lipinski definition) is 4. The molecule has 0 aromatic carbocycles. The van der Waals surface area contributed by atoms with Crippen LogP contribution in [0.25, 0.3) is 6.08 Å². The summed E-state index contributed by atoms with van der Waals surface area (Å²) in [6.07, 6.45) is 6.93. The summed E-state index contributed by atoms with van der Waals surface area (Å²) < 4.78 is 5.15. The smallest absolute Gasteiger partial charge is 0.350 e. The summed E-state index contributed by atoms with van der Waals surface area (Å²) in [5.74, 6) is -0.562. The molecular formula is C14H12N2O2. The first-order chi connectivity index (χ1) is 8.54. The summed E-state index contributed by atoms with van der Waals surface area (Å²) in [4.78, 5) is 15.5. The van der Waals surface area contributed by atoms with Gasteiger partial charge in [0.1, 0.15) is 17.2 Å². The number of nitrogens with zero attached hydrogens (tertiary/aromatic N) is 2. The van der Waals surface area contributed by atoms with Crippen LogP contribution in [0.3, 0.4) is 0 Å². The van der Waals surface area contributed by atoms with Crippen LogP contribution in [0.4, 0.5) is 0 Å². The third-order valence-electron chi connectivity index (χ3n) is 2.71. The van der Waals surface area contributed by atoms with Crippen molar-refractivity contribution in [3.8, 4) is 6.07 Å². The molecule has 0 spiro atoms. The Bertz CT molecular complexity index is 578. The highest BCUT2D eigenvalue weighted by atomic mass is 16.6. The van der Waals surface area contributed by atoms with E-state index in [4.69, 9.17) is 10.00 Å². The van der Waals surface area contributed by atoms with Crippen molar-refractivity contribution in [2.24, 2.45) is 0 Å². The van der Waals surface area contributed by atoms with E-state index < -0.39 is 11.6 Å². The Hall–Kier alpha value is -2.41. The standard InChI is InChI=1S/C14H12N2O2/c1-14(2)12(11(8-15)13(17)18-14)6-5-10-4-3-7-16-9-10/h3-7,9H,1-2H3/b6-5+. The zero-order chi connectivity index (χ0) is 13.2. The second kappa shape index (κ2) is 4.46. The third kappa shape index (κ3) is 2.16. The largest absolute Gasteiger partial charge is 0.451 e. The summed E-state index contributed by atoms with van der Waals surface area (Å²) in [6, 6.07) is 5.60. The van der Waals surface area contributed by atoms with E-state index >= 15 is 0 Å². The fourth-order valence-electron chi connectivity index (χ4n) is 1.79. The van der Waals surface area contributed by atoms with Crippen molar-refractivity contribution in [2.45, 2.75) is 19.4 Å². The molecule has 0 aliphatic carbocycles. The summed E-state index contributed by atoms with van der Waals surface area (Å²) >= 11 is 0. The van der Waals surface area contributed by atoms with Gasteiger partial charge in [-0.1, -0.05) is 18.2 Å². The summed E-state index contributed by atoms with van der Waals surface area (Å²) in [6.45, 7) is 3.52. The molecule has 1 aliphatic heterocycles. The van der Waals surface area contributed by atoms with E-state index in [-0.39, 0.29) is 5.57 Å². The average Bonchev–Trinajstić information content (AvgIpc) is 2.56. The van der Waals surface area contributed by atoms with Crippen LogP contribution in [0.5, 0.6) is 0 Å². The van der Waals surface area contributed by atoms with Crippen molar-refractivity contribution in [1.29, 1.82) is 5.26 Å². The number of nitriles is 1. The van der Waals surface area contributed by atoms with Gasteiger partial charge in [-0.15, -0.1) is 0 Å². The number of rotatable bonds is 2. The first kappa shape index (κ1) is 12.1. The molecule has 1 aliphatic rings. The highest BCUT2D eigenvalue weighted by molar-refractivity contribution is 5.98. The summed E-state index contributed by atoms with van der Waals surface area (Å²) in [5.41, 5.74) is 0.803. The molecule has 0 radical (unpaired) electrons. The van der Waals surface area contributed by atoms with Gasteiger partial charge in [0.05, 0.1) is 0 Å². The van der Waals surface area contributed by atoms with E-state index in [2.05, 4.69) is 4.98 Å². The molecule has 0 saturated heterocycles. The first-order valence-corrected chi connectivity index (χ1v) is 5.51. The molecular weight excluding hydrogens is 228 g/mol. The van der Waals surface area contributed by atoms with Gasteiger partial charge in [-0.05, 0) is 25.5 Å². The summed E-state index contributed by atoms with van der Waals surface area (Å²) in [5, 5.41) is 8.98. The molecule has 0 bridgehead atoms. The maximum Gasteiger partial charge on any atom is 0.350 e. The fourth-order valence-corrected chi connectivity index (χ4v) is 1.79. The van der Waals surface area contributed by atoms with Crippen molar-refractivity contribution in [3.63, 3.8) is 0 Å². The van der Waals surface area contributed by atoms with Gasteiger partial charge in [0, 0.05) is 18.0 Å². The summed E-state index contributed by atoms with van der Waals surface area (Å²) in [7, 11) is 0. The molecule has 0 amide bonds. The van der Waals surface area contributed by atoms with Crippen LogP contribution < -0.4 is 0 Å². The molecule has 90 valence electrons. The van der Waals surface area contributed by atoms with Crippen LogP contribution in [0.2, 0.25) is 0 Å². The van der Waals surface area contributed by atoms with Crippen molar-refractivity contribution < 1.29 is 9.53 Å². The van der Waals surface area contributed by atoms with Gasteiger partial charge in [0.25, 0.3) is 0 Å². The predicted molar refractivity (Wildman–Crippen MR) is 66.1 cm³/mol. The Morgan fingerprint density at radius 3 is 2.83 bits per heavy atom. The fraction of sp³-hybridized carbons (Fsp3) is 0.214. The van der Waals surface area contributed by atoms with Crippen molar-refractivity contribution in [1.82, 2.24) is 4.98 Å². The number of esters is 1. The van der Waals surface area contributed by atoms with Crippen LogP contribution >= 0.6 is 0 Å². The first-order valence-electron chi connectivity index (χ1n) is 5.51. The van der Waals surface area contributed by atoms with Gasteiger partial charge < -0.3 is 4.74 Å². The second-order valence-corrected chi connectivity index (χ2v) is 4.42. The Morgan fingerprint density at radius 1 is 1.44 bits per heavy atom. The lowest BCUT2D eigenvalue weighted by molar-refractivity contribution is -0.144. The highest BCUT2D eigenvalue weighted by Gasteiger charge is 2.39. The lowest BCUT2D eigenvalue weighted by atomic mass is 9.95. The van der Waals surface area contributed by atoms with Crippen LogP contribution in [0, 0.1) is 11.3 Å². The molecule has 0 unspecified atom stereocenters. The number of aromatic nitrogens is 1. The van der Waals surface area contributed by atoms with Gasteiger partial charge in [-0.25, -0.2) is 4.79 Å². The van der Waals surface area contributed by atoms with Crippen molar-refractivity contribution in [3.05, 3.63) is 47.3 Å². The lowest BCUT2D eigenvalue weighted by Crippen LogP contribution is -2.22. The van der Waals surface area contributed by atoms with Gasteiger partial charge in [0.2, 0.25) is 0 Å². The molecule has 0 fully saturated rings. The molecule has 0 N–H and O–H groups in total. The zero-order valence-electron chi connectivity index (χ0n) is 10.2. The number of hydrogen-bond donors (Lipinski definition) is 0. The van der Waals surface area contributed by atoms with E-state index in [0.717, 1.165) is 5.56 Å². The molecule has 2 rings (SSSR count). The topological polar surface area (TPSA) is 63.0 Å². The van der Waals surface area contributed by atoms with Crippen LogP contribution in [-0.2, 0) is 9.53 Å². The monoisotopic (exact) mass is 240 g/mol. The molecule has 0 atom stereocenters. The molecule has 0 saturated carbocycles. The number of ether oxygens (including phenoxy) is 1.